The maximum absolute atomic E-state index is 13.1. The third kappa shape index (κ3) is 4.68. The Hall–Kier alpha value is -3.01. The summed E-state index contributed by atoms with van der Waals surface area (Å²) in [4.78, 5) is 26.9. The lowest BCUT2D eigenvalue weighted by Crippen LogP contribution is -2.35. The first kappa shape index (κ1) is 22.7. The van der Waals surface area contributed by atoms with Crippen LogP contribution in [0.5, 0.6) is 0 Å². The summed E-state index contributed by atoms with van der Waals surface area (Å²) in [6.07, 6.45) is 0. The van der Waals surface area contributed by atoms with Crippen LogP contribution in [0.15, 0.2) is 52.2 Å². The standard InChI is InChI=1S/C22H24N2O6S/c1-14-10-17-12-18(21(26)23-20(17)11-15(14)2)13-24(8-9-25)31(28,29)19-6-4-16(5-7-19)22(27)30-3/h4-7,10-12,25H,8-9,13H2,1-3H3,(H,23,26). The van der Waals surface area contributed by atoms with Gasteiger partial charge in [0.05, 0.1) is 24.2 Å². The van der Waals surface area contributed by atoms with Gasteiger partial charge in [0.2, 0.25) is 10.0 Å². The number of nitrogens with one attached hydrogen (secondary N) is 1. The molecular weight excluding hydrogens is 420 g/mol. The largest absolute Gasteiger partial charge is 0.465 e. The second-order valence-electron chi connectivity index (χ2n) is 7.23. The number of H-pyrrole nitrogens is 1. The third-order valence-electron chi connectivity index (χ3n) is 5.14. The highest BCUT2D eigenvalue weighted by Gasteiger charge is 2.25. The van der Waals surface area contributed by atoms with E-state index in [1.54, 1.807) is 6.07 Å². The summed E-state index contributed by atoms with van der Waals surface area (Å²) < 4.78 is 31.9. The number of nitrogens with zero attached hydrogens (tertiary/aromatic N) is 1. The van der Waals surface area contributed by atoms with E-state index in [2.05, 4.69) is 9.72 Å². The van der Waals surface area contributed by atoms with Crippen molar-refractivity contribution in [2.24, 2.45) is 0 Å². The molecule has 0 saturated carbocycles. The molecule has 0 saturated heterocycles. The van der Waals surface area contributed by atoms with Crippen LogP contribution in [0.1, 0.15) is 27.0 Å². The molecule has 3 aromatic rings. The number of rotatable bonds is 7. The van der Waals surface area contributed by atoms with Crippen molar-refractivity contribution < 1.29 is 23.1 Å². The molecule has 0 aliphatic carbocycles. The van der Waals surface area contributed by atoms with Crippen molar-refractivity contribution in [2.45, 2.75) is 25.3 Å². The van der Waals surface area contributed by atoms with Crippen LogP contribution in [-0.4, -0.2) is 49.0 Å². The number of aromatic amines is 1. The predicted molar refractivity (Wildman–Crippen MR) is 117 cm³/mol. The number of fused-ring (bicyclic) bond motifs is 1. The maximum atomic E-state index is 13.1. The Bertz CT molecular complexity index is 1280. The number of methoxy groups -OCH3 is 1. The number of carbonyl (C=O) groups is 1. The number of pyridine rings is 1. The summed E-state index contributed by atoms with van der Waals surface area (Å²) in [6, 6.07) is 10.8. The van der Waals surface area contributed by atoms with E-state index in [0.29, 0.717) is 5.52 Å². The Kier molecular flexibility index (Phi) is 6.59. The normalized spacial score (nSPS) is 11.8. The van der Waals surface area contributed by atoms with E-state index in [0.717, 1.165) is 20.8 Å². The average Bonchev–Trinajstić information content (AvgIpc) is 2.74. The number of benzene rings is 2. The summed E-state index contributed by atoms with van der Waals surface area (Å²) in [6.45, 7) is 3.09. The smallest absolute Gasteiger partial charge is 0.337 e. The molecule has 0 fully saturated rings. The molecule has 0 amide bonds. The van der Waals surface area contributed by atoms with Gasteiger partial charge in [0.15, 0.2) is 0 Å². The average molecular weight is 445 g/mol. The number of aliphatic hydroxyl groups is 1. The first-order valence-corrected chi connectivity index (χ1v) is 11.0. The van der Waals surface area contributed by atoms with Gasteiger partial charge in [-0.3, -0.25) is 4.79 Å². The van der Waals surface area contributed by atoms with E-state index in [9.17, 15) is 23.1 Å². The fraction of sp³-hybridized carbons (Fsp3) is 0.273. The molecule has 1 aromatic heterocycles. The zero-order chi connectivity index (χ0) is 22.8. The van der Waals surface area contributed by atoms with E-state index in [-0.39, 0.29) is 29.1 Å². The molecule has 0 aliphatic rings. The van der Waals surface area contributed by atoms with Crippen molar-refractivity contribution in [1.29, 1.82) is 0 Å². The number of aliphatic hydroxyl groups excluding tert-OH is 1. The molecule has 2 N–H and O–H groups in total. The van der Waals surface area contributed by atoms with Gasteiger partial charge in [0.25, 0.3) is 5.56 Å². The Balaban J connectivity index is 1.98. The fourth-order valence-electron chi connectivity index (χ4n) is 3.26. The van der Waals surface area contributed by atoms with Crippen LogP contribution in [0.4, 0.5) is 0 Å². The van der Waals surface area contributed by atoms with Crippen LogP contribution in [0, 0.1) is 13.8 Å². The molecule has 0 atom stereocenters. The van der Waals surface area contributed by atoms with Gasteiger partial charge in [-0.1, -0.05) is 0 Å². The van der Waals surface area contributed by atoms with Crippen molar-refractivity contribution in [3.63, 3.8) is 0 Å². The molecule has 0 unspecified atom stereocenters. The second-order valence-corrected chi connectivity index (χ2v) is 9.16. The van der Waals surface area contributed by atoms with Gasteiger partial charge in [-0.15, -0.1) is 0 Å². The zero-order valence-electron chi connectivity index (χ0n) is 17.5. The number of hydrogen-bond donors (Lipinski definition) is 2. The summed E-state index contributed by atoms with van der Waals surface area (Å²) >= 11 is 0. The Morgan fingerprint density at radius 2 is 1.74 bits per heavy atom. The van der Waals surface area contributed by atoms with Gasteiger partial charge in [-0.05, 0) is 72.8 Å². The lowest BCUT2D eigenvalue weighted by molar-refractivity contribution is 0.0600. The minimum absolute atomic E-state index is 0.0581. The molecule has 0 bridgehead atoms. The highest BCUT2D eigenvalue weighted by atomic mass is 32.2. The minimum Gasteiger partial charge on any atom is -0.465 e. The molecule has 0 aliphatic heterocycles. The van der Waals surface area contributed by atoms with Crippen molar-refractivity contribution in [3.05, 3.63) is 75.1 Å². The molecule has 1 heterocycles. The van der Waals surface area contributed by atoms with Gasteiger partial charge in [-0.25, -0.2) is 13.2 Å². The first-order chi connectivity index (χ1) is 14.7. The van der Waals surface area contributed by atoms with Crippen molar-refractivity contribution in [2.75, 3.05) is 20.3 Å². The summed E-state index contributed by atoms with van der Waals surface area (Å²) in [5.41, 5.74) is 2.85. The highest BCUT2D eigenvalue weighted by Crippen LogP contribution is 2.21. The van der Waals surface area contributed by atoms with Crippen LogP contribution in [0.25, 0.3) is 10.9 Å². The Morgan fingerprint density at radius 3 is 2.35 bits per heavy atom. The molecule has 3 rings (SSSR count). The number of aromatic nitrogens is 1. The van der Waals surface area contributed by atoms with Crippen LogP contribution >= 0.6 is 0 Å². The first-order valence-electron chi connectivity index (χ1n) is 9.60. The number of hydrogen-bond acceptors (Lipinski definition) is 6. The predicted octanol–water partition coefficient (Wildman–Crippen LogP) is 2.11. The van der Waals surface area contributed by atoms with Crippen molar-refractivity contribution in [1.82, 2.24) is 9.29 Å². The maximum Gasteiger partial charge on any atom is 0.337 e. The molecule has 2 aromatic carbocycles. The fourth-order valence-corrected chi connectivity index (χ4v) is 4.66. The summed E-state index contributed by atoms with van der Waals surface area (Å²) in [5.74, 6) is -0.579. The van der Waals surface area contributed by atoms with Gasteiger partial charge >= 0.3 is 5.97 Å². The van der Waals surface area contributed by atoms with Crippen molar-refractivity contribution >= 4 is 26.9 Å². The van der Waals surface area contributed by atoms with Gasteiger partial charge in [-0.2, -0.15) is 4.31 Å². The third-order valence-corrected chi connectivity index (χ3v) is 7.00. The molecule has 8 nitrogen and oxygen atoms in total. The lowest BCUT2D eigenvalue weighted by Gasteiger charge is -2.21. The van der Waals surface area contributed by atoms with Gasteiger partial charge < -0.3 is 14.8 Å². The van der Waals surface area contributed by atoms with Crippen LogP contribution in [0.2, 0.25) is 0 Å². The van der Waals surface area contributed by atoms with E-state index in [1.165, 1.54) is 31.4 Å². The summed E-state index contributed by atoms with van der Waals surface area (Å²) in [5, 5.41) is 10.2. The summed E-state index contributed by atoms with van der Waals surface area (Å²) in [7, 11) is -2.79. The number of esters is 1. The van der Waals surface area contributed by atoms with Crippen molar-refractivity contribution in [3.8, 4) is 0 Å². The Labute approximate surface area is 180 Å². The molecular formula is C22H24N2O6S. The SMILES string of the molecule is COC(=O)c1ccc(S(=O)(=O)N(CCO)Cc2cc3cc(C)c(C)cc3[nH]c2=O)cc1. The Morgan fingerprint density at radius 1 is 1.10 bits per heavy atom. The highest BCUT2D eigenvalue weighted by molar-refractivity contribution is 7.89. The van der Waals surface area contributed by atoms with Crippen LogP contribution < -0.4 is 5.56 Å². The minimum atomic E-state index is -4.03. The molecule has 31 heavy (non-hydrogen) atoms. The van der Waals surface area contributed by atoms with E-state index in [4.69, 9.17) is 0 Å². The van der Waals surface area contributed by atoms with Crippen LogP contribution in [-0.2, 0) is 21.3 Å². The number of carbonyl (C=O) groups excluding carboxylic acids is 1. The second kappa shape index (κ2) is 9.01. The number of ether oxygens (including phenoxy) is 1. The van der Waals surface area contributed by atoms with Gasteiger partial charge in [0.1, 0.15) is 0 Å². The molecule has 0 radical (unpaired) electrons. The van der Waals surface area contributed by atoms with E-state index in [1.807, 2.05) is 26.0 Å². The molecule has 0 spiro atoms. The topological polar surface area (TPSA) is 117 Å². The number of aryl methyl sites for hydroxylation is 2. The molecule has 9 heteroatoms. The molecule has 164 valence electrons. The van der Waals surface area contributed by atoms with Crippen LogP contribution in [0.3, 0.4) is 0 Å². The zero-order valence-corrected chi connectivity index (χ0v) is 18.3. The van der Waals surface area contributed by atoms with E-state index >= 15 is 0 Å². The van der Waals surface area contributed by atoms with E-state index < -0.39 is 28.2 Å². The quantitative estimate of drug-likeness (QED) is 0.539. The monoisotopic (exact) mass is 444 g/mol. The number of sulfonamides is 1. The lowest BCUT2D eigenvalue weighted by atomic mass is 10.1. The van der Waals surface area contributed by atoms with Gasteiger partial charge in [0, 0.05) is 24.2 Å².